The summed E-state index contributed by atoms with van der Waals surface area (Å²) in [5, 5.41) is 14.7. The maximum atomic E-state index is 12.1. The fourth-order valence-electron chi connectivity index (χ4n) is 1.91. The van der Waals surface area contributed by atoms with E-state index in [9.17, 15) is 14.7 Å². The number of rotatable bonds is 9. The molecule has 0 spiro atoms. The van der Waals surface area contributed by atoms with E-state index in [2.05, 4.69) is 17.6 Å². The van der Waals surface area contributed by atoms with Crippen molar-refractivity contribution in [2.45, 2.75) is 65.5 Å². The average Bonchev–Trinajstić information content (AvgIpc) is 2.32. The van der Waals surface area contributed by atoms with E-state index < -0.39 is 6.04 Å². The molecule has 112 valence electrons. The molecule has 0 aliphatic rings. The number of aliphatic hydroxyl groups excluding tert-OH is 1. The van der Waals surface area contributed by atoms with E-state index >= 15 is 0 Å². The van der Waals surface area contributed by atoms with Crippen LogP contribution in [0.5, 0.6) is 0 Å². The third kappa shape index (κ3) is 8.59. The molecule has 0 aliphatic heterocycles. The highest BCUT2D eigenvalue weighted by molar-refractivity contribution is 5.86. The first-order valence-corrected chi connectivity index (χ1v) is 7.09. The fourth-order valence-corrected chi connectivity index (χ4v) is 1.91. The van der Waals surface area contributed by atoms with Crippen molar-refractivity contribution in [3.05, 3.63) is 0 Å². The topological polar surface area (TPSA) is 78.4 Å². The Morgan fingerprint density at radius 1 is 1.21 bits per heavy atom. The maximum absolute atomic E-state index is 12.1. The minimum absolute atomic E-state index is 0.0692. The molecule has 0 saturated carbocycles. The quantitative estimate of drug-likeness (QED) is 0.590. The molecular formula is C14H28N2O3. The highest BCUT2D eigenvalue weighted by atomic mass is 16.3. The Morgan fingerprint density at radius 3 is 2.26 bits per heavy atom. The lowest BCUT2D eigenvalue weighted by molar-refractivity contribution is -0.129. The monoisotopic (exact) mass is 272 g/mol. The van der Waals surface area contributed by atoms with Crippen molar-refractivity contribution in [1.82, 2.24) is 10.6 Å². The molecule has 2 amide bonds. The van der Waals surface area contributed by atoms with Crippen molar-refractivity contribution in [3.8, 4) is 0 Å². The van der Waals surface area contributed by atoms with Gasteiger partial charge in [-0.3, -0.25) is 9.59 Å². The smallest absolute Gasteiger partial charge is 0.242 e. The molecule has 19 heavy (non-hydrogen) atoms. The number of carbonyl (C=O) groups is 2. The molecule has 0 rings (SSSR count). The van der Waals surface area contributed by atoms with Crippen LogP contribution in [0.1, 0.15) is 53.4 Å². The van der Waals surface area contributed by atoms with Gasteiger partial charge in [0.15, 0.2) is 0 Å². The van der Waals surface area contributed by atoms with Crippen molar-refractivity contribution >= 4 is 11.8 Å². The predicted octanol–water partition coefficient (Wildman–Crippen LogP) is 1.20. The molecular weight excluding hydrogens is 244 g/mol. The number of unbranched alkanes of at least 4 members (excludes halogenated alkanes) is 1. The first-order chi connectivity index (χ1) is 8.90. The molecule has 0 radical (unpaired) electrons. The summed E-state index contributed by atoms with van der Waals surface area (Å²) in [7, 11) is 0. The lowest BCUT2D eigenvalue weighted by Gasteiger charge is -2.23. The molecule has 0 aromatic carbocycles. The maximum Gasteiger partial charge on any atom is 0.242 e. The molecule has 0 aromatic rings. The molecule has 5 nitrogen and oxygen atoms in total. The molecule has 5 heteroatoms. The summed E-state index contributed by atoms with van der Waals surface area (Å²) in [5.41, 5.74) is 0. The van der Waals surface area contributed by atoms with Crippen molar-refractivity contribution in [1.29, 1.82) is 0 Å². The Balaban J connectivity index is 4.46. The van der Waals surface area contributed by atoms with E-state index in [4.69, 9.17) is 0 Å². The van der Waals surface area contributed by atoms with Crippen molar-refractivity contribution in [3.63, 3.8) is 0 Å². The summed E-state index contributed by atoms with van der Waals surface area (Å²) < 4.78 is 0. The van der Waals surface area contributed by atoms with E-state index in [-0.39, 0.29) is 24.5 Å². The molecule has 2 unspecified atom stereocenters. The minimum atomic E-state index is -0.520. The number of nitrogens with one attached hydrogen (secondary N) is 2. The van der Waals surface area contributed by atoms with Crippen LogP contribution in [-0.4, -0.2) is 35.6 Å². The van der Waals surface area contributed by atoms with Gasteiger partial charge in [0.1, 0.15) is 6.04 Å². The number of carbonyl (C=O) groups excluding carboxylic acids is 2. The molecule has 2 atom stereocenters. The second-order valence-electron chi connectivity index (χ2n) is 5.41. The van der Waals surface area contributed by atoms with E-state index in [0.717, 1.165) is 19.3 Å². The first-order valence-electron chi connectivity index (χ1n) is 7.09. The lowest BCUT2D eigenvalue weighted by Crippen LogP contribution is -2.50. The molecule has 3 N–H and O–H groups in total. The third-order valence-corrected chi connectivity index (χ3v) is 2.87. The number of amides is 2. The Hall–Kier alpha value is -1.10. The van der Waals surface area contributed by atoms with Gasteiger partial charge >= 0.3 is 0 Å². The van der Waals surface area contributed by atoms with E-state index in [0.29, 0.717) is 12.3 Å². The zero-order valence-corrected chi connectivity index (χ0v) is 12.5. The molecule has 0 fully saturated rings. The second kappa shape index (κ2) is 9.78. The molecule has 0 aromatic heterocycles. The van der Waals surface area contributed by atoms with Gasteiger partial charge in [0.05, 0.1) is 12.6 Å². The van der Waals surface area contributed by atoms with Crippen LogP contribution in [0.4, 0.5) is 0 Å². The average molecular weight is 272 g/mol. The normalized spacial score (nSPS) is 14.0. The van der Waals surface area contributed by atoms with Gasteiger partial charge in [-0.25, -0.2) is 0 Å². The van der Waals surface area contributed by atoms with Crippen LogP contribution in [0.3, 0.4) is 0 Å². The molecule has 0 saturated heterocycles. The third-order valence-electron chi connectivity index (χ3n) is 2.87. The summed E-state index contributed by atoms with van der Waals surface area (Å²) in [5.74, 6) is -0.111. The summed E-state index contributed by atoms with van der Waals surface area (Å²) >= 11 is 0. The molecule has 0 aliphatic carbocycles. The van der Waals surface area contributed by atoms with Crippen molar-refractivity contribution in [2.75, 3.05) is 6.61 Å². The van der Waals surface area contributed by atoms with Gasteiger partial charge in [-0.2, -0.15) is 0 Å². The predicted molar refractivity (Wildman–Crippen MR) is 75.6 cm³/mol. The standard InChI is InChI=1S/C14H28N2O3/c1-5-6-7-12(9-17)16-14(19)13(8-10(2)3)15-11(4)18/h10,12-13,17H,5-9H2,1-4H3,(H,15,18)(H,16,19). The van der Waals surface area contributed by atoms with Gasteiger partial charge < -0.3 is 15.7 Å². The highest BCUT2D eigenvalue weighted by Crippen LogP contribution is 2.07. The Kier molecular flexibility index (Phi) is 9.21. The number of hydrogen-bond donors (Lipinski definition) is 3. The zero-order valence-electron chi connectivity index (χ0n) is 12.5. The van der Waals surface area contributed by atoms with Crippen LogP contribution >= 0.6 is 0 Å². The summed E-state index contributed by atoms with van der Waals surface area (Å²) in [4.78, 5) is 23.2. The first kappa shape index (κ1) is 17.9. The Bertz CT molecular complexity index is 280. The largest absolute Gasteiger partial charge is 0.394 e. The Morgan fingerprint density at radius 2 is 1.84 bits per heavy atom. The van der Waals surface area contributed by atoms with Gasteiger partial charge in [0.2, 0.25) is 11.8 Å². The summed E-state index contributed by atoms with van der Waals surface area (Å²) in [6.45, 7) is 7.40. The van der Waals surface area contributed by atoms with Crippen LogP contribution in [-0.2, 0) is 9.59 Å². The van der Waals surface area contributed by atoms with Crippen LogP contribution in [0.15, 0.2) is 0 Å². The highest BCUT2D eigenvalue weighted by Gasteiger charge is 2.22. The summed E-state index contributed by atoms with van der Waals surface area (Å²) in [6, 6.07) is -0.746. The van der Waals surface area contributed by atoms with Crippen LogP contribution in [0.25, 0.3) is 0 Å². The molecule has 0 bridgehead atoms. The van der Waals surface area contributed by atoms with Gasteiger partial charge in [0.25, 0.3) is 0 Å². The SMILES string of the molecule is CCCCC(CO)NC(=O)C(CC(C)C)NC(C)=O. The Labute approximate surface area is 116 Å². The van der Waals surface area contributed by atoms with E-state index in [1.54, 1.807) is 0 Å². The summed E-state index contributed by atoms with van der Waals surface area (Å²) in [6.07, 6.45) is 3.33. The fraction of sp³-hybridized carbons (Fsp3) is 0.857. The van der Waals surface area contributed by atoms with E-state index in [1.807, 2.05) is 13.8 Å². The molecule has 0 heterocycles. The second-order valence-corrected chi connectivity index (χ2v) is 5.41. The van der Waals surface area contributed by atoms with Gasteiger partial charge in [-0.1, -0.05) is 33.6 Å². The number of hydrogen-bond acceptors (Lipinski definition) is 3. The van der Waals surface area contributed by atoms with E-state index in [1.165, 1.54) is 6.92 Å². The minimum Gasteiger partial charge on any atom is -0.394 e. The van der Waals surface area contributed by atoms with Crippen LogP contribution in [0, 0.1) is 5.92 Å². The van der Waals surface area contributed by atoms with Crippen molar-refractivity contribution in [2.24, 2.45) is 5.92 Å². The van der Waals surface area contributed by atoms with Gasteiger partial charge in [-0.05, 0) is 18.8 Å². The van der Waals surface area contributed by atoms with Gasteiger partial charge in [0, 0.05) is 6.92 Å². The van der Waals surface area contributed by atoms with Gasteiger partial charge in [-0.15, -0.1) is 0 Å². The number of aliphatic hydroxyl groups is 1. The lowest BCUT2D eigenvalue weighted by atomic mass is 10.0. The zero-order chi connectivity index (χ0) is 14.8. The van der Waals surface area contributed by atoms with Crippen LogP contribution in [0.2, 0.25) is 0 Å². The van der Waals surface area contributed by atoms with Crippen molar-refractivity contribution < 1.29 is 14.7 Å². The van der Waals surface area contributed by atoms with Crippen LogP contribution < -0.4 is 10.6 Å².